The number of hydrogen-bond acceptors (Lipinski definition) is 3. The third-order valence-corrected chi connectivity index (χ3v) is 2.12. The van der Waals surface area contributed by atoms with Gasteiger partial charge in [-0.2, -0.15) is 0 Å². The molecule has 0 aliphatic carbocycles. The first-order valence-corrected chi connectivity index (χ1v) is 5.36. The Morgan fingerprint density at radius 3 is 2.57 bits per heavy atom. The van der Waals surface area contributed by atoms with Gasteiger partial charge in [-0.15, -0.1) is 0 Å². The van der Waals surface area contributed by atoms with Crippen molar-refractivity contribution in [3.63, 3.8) is 0 Å². The molecule has 1 atom stereocenters. The summed E-state index contributed by atoms with van der Waals surface area (Å²) in [5.74, 6) is -0.663. The van der Waals surface area contributed by atoms with E-state index in [0.29, 0.717) is 0 Å². The van der Waals surface area contributed by atoms with E-state index in [1.807, 2.05) is 0 Å². The highest BCUT2D eigenvalue weighted by Gasteiger charge is 2.08. The quantitative estimate of drug-likeness (QED) is 0.473. The number of aliphatic hydroxyl groups is 1. The highest BCUT2D eigenvalue weighted by atomic mass is 16.3. The van der Waals surface area contributed by atoms with Gasteiger partial charge in [0.05, 0.1) is 0 Å². The van der Waals surface area contributed by atoms with Crippen LogP contribution in [-0.4, -0.2) is 30.2 Å². The largest absolute Gasteiger partial charge is 0.382 e. The zero-order valence-electron chi connectivity index (χ0n) is 8.96. The summed E-state index contributed by atoms with van der Waals surface area (Å²) < 4.78 is 0. The lowest BCUT2D eigenvalue weighted by molar-refractivity contribution is -0.125. The molecule has 4 N–H and O–H groups in total. The molecule has 0 heterocycles. The second-order valence-corrected chi connectivity index (χ2v) is 3.54. The van der Waals surface area contributed by atoms with Crippen molar-refractivity contribution in [2.75, 3.05) is 13.1 Å². The molecule has 0 spiro atoms. The number of aliphatic hydroxyl groups excluding tert-OH is 1. The Labute approximate surface area is 85.9 Å². The van der Waals surface area contributed by atoms with E-state index in [1.165, 1.54) is 25.7 Å². The second-order valence-electron chi connectivity index (χ2n) is 3.54. The standard InChI is InChI=1S/C10H22N2O2/c1-2-3-4-5-6-7-12-8-9(13)10(11)14/h9,12-13H,2-8H2,1H3,(H2,11,14). The van der Waals surface area contributed by atoms with Crippen LogP contribution in [0.4, 0.5) is 0 Å². The van der Waals surface area contributed by atoms with Crippen LogP contribution >= 0.6 is 0 Å². The highest BCUT2D eigenvalue weighted by Crippen LogP contribution is 2.00. The van der Waals surface area contributed by atoms with Gasteiger partial charge in [0.2, 0.25) is 5.91 Å². The molecule has 4 heteroatoms. The number of hydrogen-bond donors (Lipinski definition) is 3. The summed E-state index contributed by atoms with van der Waals surface area (Å²) in [7, 11) is 0. The van der Waals surface area contributed by atoms with Gasteiger partial charge in [0.15, 0.2) is 0 Å². The number of nitrogens with two attached hydrogens (primary N) is 1. The average molecular weight is 202 g/mol. The number of carbonyl (C=O) groups is 1. The van der Waals surface area contributed by atoms with E-state index in [9.17, 15) is 4.79 Å². The minimum atomic E-state index is -1.05. The summed E-state index contributed by atoms with van der Waals surface area (Å²) in [5, 5.41) is 12.0. The molecule has 0 saturated carbocycles. The first-order valence-electron chi connectivity index (χ1n) is 5.36. The second kappa shape index (κ2) is 8.97. The monoisotopic (exact) mass is 202 g/mol. The zero-order chi connectivity index (χ0) is 10.8. The van der Waals surface area contributed by atoms with Gasteiger partial charge in [-0.3, -0.25) is 4.79 Å². The van der Waals surface area contributed by atoms with Gasteiger partial charge in [0, 0.05) is 6.54 Å². The lowest BCUT2D eigenvalue weighted by Gasteiger charge is -2.07. The fourth-order valence-corrected chi connectivity index (χ4v) is 1.19. The van der Waals surface area contributed by atoms with Crippen LogP contribution in [-0.2, 0) is 4.79 Å². The summed E-state index contributed by atoms with van der Waals surface area (Å²) in [6.45, 7) is 3.29. The van der Waals surface area contributed by atoms with Crippen LogP contribution in [0.2, 0.25) is 0 Å². The van der Waals surface area contributed by atoms with E-state index in [2.05, 4.69) is 12.2 Å². The molecule has 0 aliphatic rings. The van der Waals surface area contributed by atoms with Gasteiger partial charge in [-0.25, -0.2) is 0 Å². The van der Waals surface area contributed by atoms with Crippen LogP contribution in [0.1, 0.15) is 39.0 Å². The topological polar surface area (TPSA) is 75.3 Å². The molecule has 14 heavy (non-hydrogen) atoms. The smallest absolute Gasteiger partial charge is 0.247 e. The Bertz CT molecular complexity index is 151. The first kappa shape index (κ1) is 13.4. The van der Waals surface area contributed by atoms with E-state index in [4.69, 9.17) is 10.8 Å². The van der Waals surface area contributed by atoms with Gasteiger partial charge in [-0.05, 0) is 13.0 Å². The van der Waals surface area contributed by atoms with Crippen molar-refractivity contribution in [2.45, 2.75) is 45.1 Å². The van der Waals surface area contributed by atoms with E-state index >= 15 is 0 Å². The third kappa shape index (κ3) is 8.01. The minimum Gasteiger partial charge on any atom is -0.382 e. The van der Waals surface area contributed by atoms with Gasteiger partial charge >= 0.3 is 0 Å². The molecule has 0 aromatic carbocycles. The van der Waals surface area contributed by atoms with Crippen molar-refractivity contribution in [1.29, 1.82) is 0 Å². The molecule has 0 aliphatic heterocycles. The Balaban J connectivity index is 3.09. The van der Waals surface area contributed by atoms with Crippen molar-refractivity contribution in [2.24, 2.45) is 5.73 Å². The Hall–Kier alpha value is -0.610. The van der Waals surface area contributed by atoms with Crippen LogP contribution in [0.3, 0.4) is 0 Å². The maximum absolute atomic E-state index is 10.4. The van der Waals surface area contributed by atoms with Crippen LogP contribution in [0.15, 0.2) is 0 Å². The molecule has 0 bridgehead atoms. The van der Waals surface area contributed by atoms with E-state index in [1.54, 1.807) is 0 Å². The summed E-state index contributed by atoms with van der Waals surface area (Å²) >= 11 is 0. The summed E-state index contributed by atoms with van der Waals surface area (Å²) in [6.07, 6.45) is 5.03. The molecule has 1 amide bonds. The molecule has 4 nitrogen and oxygen atoms in total. The SMILES string of the molecule is CCCCCCCNCC(O)C(N)=O. The van der Waals surface area contributed by atoms with Crippen molar-refractivity contribution in [3.05, 3.63) is 0 Å². The molecular formula is C10H22N2O2. The molecule has 0 rings (SSSR count). The number of carbonyl (C=O) groups excluding carboxylic acids is 1. The van der Waals surface area contributed by atoms with Crippen LogP contribution in [0.25, 0.3) is 0 Å². The van der Waals surface area contributed by atoms with Gasteiger partial charge in [-0.1, -0.05) is 32.6 Å². The zero-order valence-corrected chi connectivity index (χ0v) is 8.96. The number of amides is 1. The maximum Gasteiger partial charge on any atom is 0.247 e. The molecule has 84 valence electrons. The van der Waals surface area contributed by atoms with E-state index in [0.717, 1.165) is 13.0 Å². The molecular weight excluding hydrogens is 180 g/mol. The number of rotatable bonds is 9. The summed E-state index contributed by atoms with van der Waals surface area (Å²) in [6, 6.07) is 0. The minimum absolute atomic E-state index is 0.267. The molecule has 0 aromatic rings. The molecule has 0 radical (unpaired) electrons. The molecule has 0 fully saturated rings. The van der Waals surface area contributed by atoms with Crippen molar-refractivity contribution >= 4 is 5.91 Å². The average Bonchev–Trinajstić information content (AvgIpc) is 2.16. The fraction of sp³-hybridized carbons (Fsp3) is 0.900. The third-order valence-electron chi connectivity index (χ3n) is 2.12. The van der Waals surface area contributed by atoms with Crippen molar-refractivity contribution in [3.8, 4) is 0 Å². The Morgan fingerprint density at radius 1 is 1.36 bits per heavy atom. The number of nitrogens with one attached hydrogen (secondary N) is 1. The summed E-state index contributed by atoms with van der Waals surface area (Å²) in [4.78, 5) is 10.4. The highest BCUT2D eigenvalue weighted by molar-refractivity contribution is 5.78. The fourth-order valence-electron chi connectivity index (χ4n) is 1.19. The van der Waals surface area contributed by atoms with Crippen molar-refractivity contribution in [1.82, 2.24) is 5.32 Å². The van der Waals surface area contributed by atoms with E-state index < -0.39 is 12.0 Å². The molecule has 1 unspecified atom stereocenters. The lowest BCUT2D eigenvalue weighted by Crippen LogP contribution is -2.37. The number of unbranched alkanes of at least 4 members (excludes halogenated alkanes) is 4. The van der Waals surface area contributed by atoms with Gasteiger partial charge < -0.3 is 16.2 Å². The molecule has 0 saturated heterocycles. The maximum atomic E-state index is 10.4. The predicted molar refractivity (Wildman–Crippen MR) is 56.8 cm³/mol. The van der Waals surface area contributed by atoms with Crippen LogP contribution in [0, 0.1) is 0 Å². The van der Waals surface area contributed by atoms with E-state index in [-0.39, 0.29) is 6.54 Å². The van der Waals surface area contributed by atoms with Gasteiger partial charge in [0.25, 0.3) is 0 Å². The lowest BCUT2D eigenvalue weighted by atomic mass is 10.1. The van der Waals surface area contributed by atoms with Crippen LogP contribution < -0.4 is 11.1 Å². The number of primary amides is 1. The Morgan fingerprint density at radius 2 is 2.00 bits per heavy atom. The molecule has 0 aromatic heterocycles. The van der Waals surface area contributed by atoms with Crippen LogP contribution in [0.5, 0.6) is 0 Å². The normalized spacial score (nSPS) is 12.7. The Kier molecular flexibility index (Phi) is 8.57. The first-order chi connectivity index (χ1) is 6.68. The van der Waals surface area contributed by atoms with Crippen molar-refractivity contribution < 1.29 is 9.90 Å². The van der Waals surface area contributed by atoms with Gasteiger partial charge in [0.1, 0.15) is 6.10 Å². The summed E-state index contributed by atoms with van der Waals surface area (Å²) in [5.41, 5.74) is 4.89. The predicted octanol–water partition coefficient (Wildman–Crippen LogP) is 0.393.